The number of piperidine rings is 2. The molecule has 0 aromatic heterocycles. The van der Waals surface area contributed by atoms with Crippen LogP contribution in [0.15, 0.2) is 91.0 Å². The molecule has 19 heteroatoms. The summed E-state index contributed by atoms with van der Waals surface area (Å²) in [6.45, 7) is 4.76. The summed E-state index contributed by atoms with van der Waals surface area (Å²) in [5.41, 5.74) is 6.17. The Morgan fingerprint density at radius 1 is 0.789 bits per heavy atom. The van der Waals surface area contributed by atoms with Gasteiger partial charge in [-0.25, -0.2) is 0 Å². The molecule has 0 saturated carbocycles. The smallest absolute Gasteiger partial charge is 0.264 e. The van der Waals surface area contributed by atoms with Crippen molar-refractivity contribution >= 4 is 58.6 Å². The molecule has 18 nitrogen and oxygen atoms in total. The Morgan fingerprint density at radius 3 is 2.38 bits per heavy atom. The maximum atomic E-state index is 13.8. The second kappa shape index (κ2) is 23.9. The van der Waals surface area contributed by atoms with Gasteiger partial charge < -0.3 is 34.9 Å². The van der Waals surface area contributed by atoms with Gasteiger partial charge in [-0.1, -0.05) is 60.5 Å². The Bertz CT molecular complexity index is 3160. The zero-order chi connectivity index (χ0) is 53.3. The summed E-state index contributed by atoms with van der Waals surface area (Å²) < 4.78 is 24.5. The van der Waals surface area contributed by atoms with E-state index < -0.39 is 41.6 Å². The number of ether oxygens (including phenoxy) is 4. The van der Waals surface area contributed by atoms with Crippen LogP contribution in [0, 0.1) is 18.3 Å². The van der Waals surface area contributed by atoms with Crippen LogP contribution in [0.5, 0.6) is 23.0 Å². The normalized spacial score (nSPS) is 17.0. The van der Waals surface area contributed by atoms with E-state index in [0.717, 1.165) is 56.9 Å². The summed E-state index contributed by atoms with van der Waals surface area (Å²) in [4.78, 5) is 93.2. The highest BCUT2D eigenvalue weighted by Gasteiger charge is 2.46. The Hall–Kier alpha value is -8.27. The predicted molar refractivity (Wildman–Crippen MR) is 279 cm³/mol. The number of imide groups is 2. The van der Waals surface area contributed by atoms with Gasteiger partial charge in [-0.3, -0.25) is 48.7 Å². The fraction of sp³-hybridized carbons (Fsp3) is 0.333. The summed E-state index contributed by atoms with van der Waals surface area (Å²) in [5, 5.41) is 20.5. The molecule has 2 saturated heterocycles. The number of hydrogen-bond donors (Lipinski definition) is 4. The fourth-order valence-corrected chi connectivity index (χ4v) is 10.1. The van der Waals surface area contributed by atoms with E-state index in [1.165, 1.54) is 18.2 Å². The lowest BCUT2D eigenvalue weighted by molar-refractivity contribution is -0.136. The first-order valence-electron chi connectivity index (χ1n) is 25.3. The molecule has 9 rings (SSSR count). The number of fused-ring (bicyclic) bond motifs is 2. The van der Waals surface area contributed by atoms with Crippen molar-refractivity contribution in [2.75, 3.05) is 38.2 Å². The van der Waals surface area contributed by atoms with E-state index in [0.29, 0.717) is 60.6 Å². The van der Waals surface area contributed by atoms with E-state index >= 15 is 0 Å². The van der Waals surface area contributed by atoms with Crippen molar-refractivity contribution in [2.45, 2.75) is 90.1 Å². The number of amides is 7. The van der Waals surface area contributed by atoms with Gasteiger partial charge in [0.2, 0.25) is 29.5 Å². The minimum absolute atomic E-state index is 0.000242. The quantitative estimate of drug-likeness (QED) is 0.0487. The number of nitrogens with zero attached hydrogens (tertiary/aromatic N) is 3. The SMILES string of the molecule is Cc1c(COc2cc(OCc3cccc(C#N)c3)c(CN3CCCCC3C(=O)NCCNC(=O)CCCC(=O)Nc3cccc4c3C(=O)N(C3CCC(=O)NC3=O)C4=O)cc2Cl)cccc1-c1ccc2c(c1)OCCO2. The third-order valence-corrected chi connectivity index (χ3v) is 14.1. The molecule has 5 aromatic carbocycles. The summed E-state index contributed by atoms with van der Waals surface area (Å²) in [6.07, 6.45) is 2.45. The summed E-state index contributed by atoms with van der Waals surface area (Å²) in [7, 11) is 0. The predicted octanol–water partition coefficient (Wildman–Crippen LogP) is 6.91. The topological polar surface area (TPSA) is 235 Å². The third-order valence-electron chi connectivity index (χ3n) is 13.8. The van der Waals surface area contributed by atoms with Crippen molar-refractivity contribution in [3.8, 4) is 40.2 Å². The van der Waals surface area contributed by atoms with Crippen molar-refractivity contribution in [3.63, 3.8) is 0 Å². The van der Waals surface area contributed by atoms with E-state index in [1.54, 1.807) is 24.3 Å². The zero-order valence-electron chi connectivity index (χ0n) is 41.8. The van der Waals surface area contributed by atoms with Crippen molar-refractivity contribution in [2.24, 2.45) is 0 Å². The molecule has 392 valence electrons. The van der Waals surface area contributed by atoms with Gasteiger partial charge >= 0.3 is 0 Å². The first-order valence-corrected chi connectivity index (χ1v) is 25.7. The lowest BCUT2D eigenvalue weighted by Crippen LogP contribution is -2.54. The van der Waals surface area contributed by atoms with Gasteiger partial charge in [-0.2, -0.15) is 5.26 Å². The maximum absolute atomic E-state index is 13.8. The van der Waals surface area contributed by atoms with Crippen LogP contribution in [0.1, 0.15) is 99.9 Å². The second-order valence-electron chi connectivity index (χ2n) is 18.9. The van der Waals surface area contributed by atoms with Crippen LogP contribution in [-0.4, -0.2) is 96.1 Å². The number of nitriles is 1. The molecule has 2 unspecified atom stereocenters. The van der Waals surface area contributed by atoms with Gasteiger partial charge in [-0.15, -0.1) is 0 Å². The number of benzene rings is 5. The largest absolute Gasteiger partial charge is 0.488 e. The maximum Gasteiger partial charge on any atom is 0.264 e. The van der Waals surface area contributed by atoms with Crippen LogP contribution in [0.25, 0.3) is 11.1 Å². The molecule has 0 radical (unpaired) electrons. The monoisotopic (exact) mass is 1050 g/mol. The lowest BCUT2D eigenvalue weighted by Gasteiger charge is -2.35. The number of carbonyl (C=O) groups excluding carboxylic acids is 7. The van der Waals surface area contributed by atoms with Crippen molar-refractivity contribution < 1.29 is 52.5 Å². The molecule has 0 spiro atoms. The molecule has 0 bridgehead atoms. The second-order valence-corrected chi connectivity index (χ2v) is 19.3. The third kappa shape index (κ3) is 12.1. The summed E-state index contributed by atoms with van der Waals surface area (Å²) in [5.74, 6) is -1.29. The highest BCUT2D eigenvalue weighted by molar-refractivity contribution is 6.32. The molecule has 4 heterocycles. The summed E-state index contributed by atoms with van der Waals surface area (Å²) in [6, 6.07) is 27.7. The van der Waals surface area contributed by atoms with E-state index in [-0.39, 0.29) is 87.0 Å². The molecule has 5 aromatic rings. The minimum Gasteiger partial charge on any atom is -0.488 e. The Morgan fingerprint density at radius 2 is 1.55 bits per heavy atom. The molecule has 76 heavy (non-hydrogen) atoms. The first-order chi connectivity index (χ1) is 36.8. The summed E-state index contributed by atoms with van der Waals surface area (Å²) >= 11 is 6.99. The van der Waals surface area contributed by atoms with Crippen molar-refractivity contribution in [3.05, 3.63) is 135 Å². The molecule has 4 aliphatic heterocycles. The van der Waals surface area contributed by atoms with Crippen molar-refractivity contribution in [1.29, 1.82) is 5.26 Å². The van der Waals surface area contributed by atoms with Crippen LogP contribution < -0.4 is 40.2 Å². The Balaban J connectivity index is 0.779. The molecular formula is C57H56ClN7O11. The number of rotatable bonds is 19. The molecule has 2 atom stereocenters. The standard InChI is InChI=1S/C57H56ClN7O11/c1-34-38(10-5-11-40(34)37-17-19-46-49(28-37)74-25-24-73-46)33-76-48-29-47(75-32-36-9-4-8-35(26-36)30-59)39(27-42(48)58)31-64-23-3-2-14-44(64)54(69)61-22-21-60-50(66)15-7-16-51(67)62-43-13-6-12-41-53(43)57(72)65(56(41)71)45-18-20-52(68)63-55(45)70/h4-6,8-13,17,19,26-29,44-45H,2-3,7,14-16,18,20-25,31-33H2,1H3,(H,60,66)(H,61,69)(H,62,67)(H,63,68,70). The molecule has 2 fully saturated rings. The minimum atomic E-state index is -1.15. The average molecular weight is 1050 g/mol. The van der Waals surface area contributed by atoms with E-state index in [9.17, 15) is 38.8 Å². The van der Waals surface area contributed by atoms with Gasteiger partial charge in [0, 0.05) is 50.5 Å². The number of nitrogens with one attached hydrogen (secondary N) is 4. The van der Waals surface area contributed by atoms with Crippen LogP contribution in [0.3, 0.4) is 0 Å². The molecule has 7 amide bonds. The van der Waals surface area contributed by atoms with E-state index in [4.69, 9.17) is 30.5 Å². The zero-order valence-corrected chi connectivity index (χ0v) is 42.6. The number of likely N-dealkylation sites (tertiary alicyclic amines) is 1. The van der Waals surface area contributed by atoms with Gasteiger partial charge in [0.1, 0.15) is 44.0 Å². The molecule has 4 aliphatic rings. The highest BCUT2D eigenvalue weighted by Crippen LogP contribution is 2.39. The fourth-order valence-electron chi connectivity index (χ4n) is 9.89. The van der Waals surface area contributed by atoms with Crippen LogP contribution >= 0.6 is 11.6 Å². The number of carbonyl (C=O) groups is 7. The molecule has 4 N–H and O–H groups in total. The van der Waals surface area contributed by atoms with Gasteiger partial charge in [-0.05, 0) is 109 Å². The number of anilines is 1. The van der Waals surface area contributed by atoms with E-state index in [1.807, 2.05) is 49.4 Å². The van der Waals surface area contributed by atoms with Crippen LogP contribution in [0.4, 0.5) is 5.69 Å². The van der Waals surface area contributed by atoms with Gasteiger partial charge in [0.05, 0.1) is 39.5 Å². The lowest BCUT2D eigenvalue weighted by atomic mass is 9.96. The van der Waals surface area contributed by atoms with Gasteiger partial charge in [0.25, 0.3) is 11.8 Å². The molecule has 0 aliphatic carbocycles. The Kier molecular flexibility index (Phi) is 16.6. The Labute approximate surface area is 443 Å². The number of hydrogen-bond acceptors (Lipinski definition) is 13. The first kappa shape index (κ1) is 52.6. The van der Waals surface area contributed by atoms with Crippen molar-refractivity contribution in [1.82, 2.24) is 25.8 Å². The number of halogens is 1. The van der Waals surface area contributed by atoms with E-state index in [2.05, 4.69) is 38.3 Å². The highest BCUT2D eigenvalue weighted by atomic mass is 35.5. The average Bonchev–Trinajstić information content (AvgIpc) is 3.69. The van der Waals surface area contributed by atoms with Crippen LogP contribution in [0.2, 0.25) is 5.02 Å². The molecular weight excluding hydrogens is 994 g/mol. The van der Waals surface area contributed by atoms with Crippen LogP contribution in [-0.2, 0) is 43.7 Å². The van der Waals surface area contributed by atoms with Gasteiger partial charge in [0.15, 0.2) is 11.5 Å².